The number of amides is 2. The van der Waals surface area contributed by atoms with Gasteiger partial charge in [0.05, 0.1) is 0 Å². The van der Waals surface area contributed by atoms with Crippen LogP contribution in [0, 0.1) is 9.94 Å². The van der Waals surface area contributed by atoms with Crippen LogP contribution in [0.3, 0.4) is 0 Å². The van der Waals surface area contributed by atoms with Crippen molar-refractivity contribution < 1.29 is 35.9 Å². The Morgan fingerprint density at radius 1 is 1.20 bits per heavy atom. The number of aryl methyl sites for hydroxylation is 1. The van der Waals surface area contributed by atoms with E-state index in [0.717, 1.165) is 10.4 Å². The van der Waals surface area contributed by atoms with Crippen LogP contribution in [-0.2, 0) is 6.54 Å². The Bertz CT molecular complexity index is 1100. The zero-order valence-corrected chi connectivity index (χ0v) is 21.2. The third-order valence-corrected chi connectivity index (χ3v) is 26.0. The normalized spacial score (nSPS) is 14.4. The maximum atomic E-state index is 12.6. The molecular weight excluding hydrogens is 628 g/mol. The number of phenolic OH excluding ortho intramolecular Hbond substituents is 1. The molecule has 0 aliphatic carbocycles. The van der Waals surface area contributed by atoms with E-state index >= 15 is 0 Å². The SMILES string of the molecule is Cc1ccccc1C(=O)Nc1cc(C(=O)NCc2cnc(I3C[I-]C3)s2)ccc1O. The monoisotopic (exact) mass is 648 g/mol. The number of rotatable bonds is 6. The minimum absolute atomic E-state index is 0.0884. The fourth-order valence-electron chi connectivity index (χ4n) is 2.78. The molecule has 30 heavy (non-hydrogen) atoms. The van der Waals surface area contributed by atoms with Gasteiger partial charge in [0.1, 0.15) is 0 Å². The molecule has 1 aliphatic rings. The second-order valence-electron chi connectivity index (χ2n) is 6.61. The van der Waals surface area contributed by atoms with Crippen molar-refractivity contribution in [1.29, 1.82) is 0 Å². The molecule has 0 saturated carbocycles. The van der Waals surface area contributed by atoms with Crippen LogP contribution in [0.2, 0.25) is 0 Å². The van der Waals surface area contributed by atoms with E-state index in [4.69, 9.17) is 0 Å². The Labute approximate surface area is 196 Å². The zero-order valence-electron chi connectivity index (χ0n) is 16.1. The van der Waals surface area contributed by atoms with Gasteiger partial charge in [-0.15, -0.1) is 0 Å². The number of anilines is 1. The van der Waals surface area contributed by atoms with Gasteiger partial charge in [0.2, 0.25) is 0 Å². The molecule has 0 spiro atoms. The van der Waals surface area contributed by atoms with Crippen LogP contribution in [0.1, 0.15) is 31.2 Å². The van der Waals surface area contributed by atoms with Gasteiger partial charge in [-0.2, -0.15) is 0 Å². The molecule has 0 bridgehead atoms. The van der Waals surface area contributed by atoms with Crippen LogP contribution in [-0.4, -0.2) is 26.8 Å². The van der Waals surface area contributed by atoms with Gasteiger partial charge in [0.15, 0.2) is 0 Å². The van der Waals surface area contributed by atoms with E-state index in [1.54, 1.807) is 23.5 Å². The molecule has 0 unspecified atom stereocenters. The second-order valence-corrected chi connectivity index (χ2v) is 22.1. The number of halogens is 2. The third kappa shape index (κ3) is 4.94. The molecule has 3 aromatic rings. The van der Waals surface area contributed by atoms with Crippen molar-refractivity contribution in [2.45, 2.75) is 13.5 Å². The van der Waals surface area contributed by atoms with Crippen LogP contribution in [0.25, 0.3) is 0 Å². The Morgan fingerprint density at radius 2 is 2.00 bits per heavy atom. The molecular formula is C21H20I2N3O3S-. The summed E-state index contributed by atoms with van der Waals surface area (Å²) in [6, 6.07) is 11.7. The van der Waals surface area contributed by atoms with Crippen molar-refractivity contribution in [3.63, 3.8) is 0 Å². The van der Waals surface area contributed by atoms with Gasteiger partial charge in [-0.25, -0.2) is 0 Å². The van der Waals surface area contributed by atoms with Gasteiger partial charge in [-0.3, -0.25) is 0 Å². The maximum absolute atomic E-state index is 12.6. The Kier molecular flexibility index (Phi) is 6.88. The summed E-state index contributed by atoms with van der Waals surface area (Å²) in [6.07, 6.45) is 1.87. The standard InChI is InChI=1S/C21H20I2N3O3S/c1-13-4-2-3-5-16(13)20(29)26-17-8-14(6-7-18(17)27)19(28)24-9-15-10-25-21(30-15)23-11-22-12-23/h2-8,10,27H,9,11-12H2,1H3,(H,24,28)(H,26,29)/q-1. The molecule has 0 atom stereocenters. The summed E-state index contributed by atoms with van der Waals surface area (Å²) in [4.78, 5) is 30.8. The van der Waals surface area contributed by atoms with E-state index in [-0.39, 0.29) is 23.3 Å². The van der Waals surface area contributed by atoms with Crippen LogP contribution in [0.15, 0.2) is 48.7 Å². The fourth-order valence-corrected chi connectivity index (χ4v) is 19.6. The summed E-state index contributed by atoms with van der Waals surface area (Å²) in [6.45, 7) is 2.28. The van der Waals surface area contributed by atoms with Crippen LogP contribution >= 0.6 is 31.2 Å². The predicted octanol–water partition coefficient (Wildman–Crippen LogP) is 1.03. The Morgan fingerprint density at radius 3 is 2.73 bits per heavy atom. The van der Waals surface area contributed by atoms with Crippen LogP contribution in [0.5, 0.6) is 5.75 Å². The van der Waals surface area contributed by atoms with Gasteiger partial charge in [-0.05, 0) is 18.6 Å². The summed E-state index contributed by atoms with van der Waals surface area (Å²) in [5.74, 6) is -0.680. The van der Waals surface area contributed by atoms with E-state index < -0.39 is 19.8 Å². The molecule has 1 aromatic heterocycles. The number of carbonyl (C=O) groups excluding carboxylic acids is 2. The van der Waals surface area contributed by atoms with Gasteiger partial charge < -0.3 is 0 Å². The zero-order chi connectivity index (χ0) is 21.1. The molecule has 158 valence electrons. The van der Waals surface area contributed by atoms with Crippen molar-refractivity contribution in [1.82, 2.24) is 10.3 Å². The number of thiazole rings is 1. The summed E-state index contributed by atoms with van der Waals surface area (Å²) >= 11 is 1.30. The predicted molar refractivity (Wildman–Crippen MR) is 123 cm³/mol. The molecule has 4 rings (SSSR count). The van der Waals surface area contributed by atoms with Crippen molar-refractivity contribution >= 4 is 48.7 Å². The van der Waals surface area contributed by atoms with Crippen molar-refractivity contribution in [3.05, 3.63) is 73.2 Å². The van der Waals surface area contributed by atoms with E-state index in [2.05, 4.69) is 15.6 Å². The summed E-state index contributed by atoms with van der Waals surface area (Å²) in [5, 5.41) is 15.7. The summed E-state index contributed by atoms with van der Waals surface area (Å²) in [5.41, 5.74) is 1.93. The topological polar surface area (TPSA) is 91.3 Å². The van der Waals surface area contributed by atoms with Crippen molar-refractivity contribution in [2.24, 2.45) is 0 Å². The van der Waals surface area contributed by atoms with Crippen molar-refractivity contribution in [3.8, 4) is 5.75 Å². The second kappa shape index (κ2) is 9.60. The molecule has 1 fully saturated rings. The number of phenols is 1. The number of benzene rings is 2. The third-order valence-electron chi connectivity index (χ3n) is 4.46. The van der Waals surface area contributed by atoms with Gasteiger partial charge >= 0.3 is 161 Å². The van der Waals surface area contributed by atoms with Crippen molar-refractivity contribution in [2.75, 3.05) is 10.2 Å². The average molecular weight is 648 g/mol. The first-order chi connectivity index (χ1) is 14.5. The summed E-state index contributed by atoms with van der Waals surface area (Å²) < 4.78 is 4.26. The molecule has 0 radical (unpaired) electrons. The number of carbonyl (C=O) groups is 2. The molecule has 1 aliphatic heterocycles. The minimum atomic E-state index is -0.902. The number of hydrogen-bond donors (Lipinski definition) is 3. The average Bonchev–Trinajstić information content (AvgIpc) is 3.15. The first-order valence-corrected chi connectivity index (χ1v) is 17.1. The number of nitrogens with one attached hydrogen (secondary N) is 2. The molecule has 1 saturated heterocycles. The number of aromatic hydroxyl groups is 1. The molecule has 2 amide bonds. The van der Waals surface area contributed by atoms with E-state index in [1.165, 1.54) is 26.1 Å². The Hall–Kier alpha value is -1.73. The number of hydrogen-bond acceptors (Lipinski definition) is 5. The van der Waals surface area contributed by atoms with E-state index in [1.807, 2.05) is 25.3 Å². The van der Waals surface area contributed by atoms with Crippen LogP contribution < -0.4 is 31.8 Å². The van der Waals surface area contributed by atoms with E-state index in [9.17, 15) is 14.7 Å². The number of nitrogens with zero attached hydrogens (tertiary/aromatic N) is 1. The number of aromatic nitrogens is 1. The molecule has 2 heterocycles. The van der Waals surface area contributed by atoms with Crippen LogP contribution in [0.4, 0.5) is 5.69 Å². The fraction of sp³-hybridized carbons (Fsp3) is 0.190. The van der Waals surface area contributed by atoms with Gasteiger partial charge in [-0.1, -0.05) is 18.2 Å². The van der Waals surface area contributed by atoms with Gasteiger partial charge in [0.25, 0.3) is 0 Å². The quantitative estimate of drug-likeness (QED) is 0.212. The molecule has 3 N–H and O–H groups in total. The summed E-state index contributed by atoms with van der Waals surface area (Å²) in [7, 11) is 0. The number of alkyl halides is 4. The molecule has 2 aromatic carbocycles. The Balaban J connectivity index is 1.41. The van der Waals surface area contributed by atoms with E-state index in [0.29, 0.717) is 38.9 Å². The molecule has 9 heteroatoms. The molecule has 6 nitrogen and oxygen atoms in total. The van der Waals surface area contributed by atoms with Gasteiger partial charge in [0, 0.05) is 0 Å². The first-order valence-electron chi connectivity index (χ1n) is 9.09. The first kappa shape index (κ1) is 21.5.